The van der Waals surface area contributed by atoms with Crippen molar-refractivity contribution in [3.05, 3.63) is 67.0 Å². The van der Waals surface area contributed by atoms with Crippen LogP contribution in [-0.2, 0) is 21.2 Å². The van der Waals surface area contributed by atoms with Crippen molar-refractivity contribution in [2.24, 2.45) is 0 Å². The SMILES string of the molecule is O=C(CCn1cnc(-c2ccccc2)c1-c1ccccc1)NC1CCS(=O)(=O)C1. The van der Waals surface area contributed by atoms with E-state index in [2.05, 4.69) is 10.3 Å². The fourth-order valence-electron chi connectivity index (χ4n) is 3.69. The second-order valence-electron chi connectivity index (χ2n) is 7.28. The first-order valence-electron chi connectivity index (χ1n) is 9.67. The Morgan fingerprint density at radius 3 is 2.31 bits per heavy atom. The maximum Gasteiger partial charge on any atom is 0.222 e. The number of aromatic nitrogens is 2. The molecule has 0 aliphatic carbocycles. The zero-order chi connectivity index (χ0) is 20.3. The number of benzene rings is 2. The standard InChI is InChI=1S/C22H23N3O3S/c26-20(24-19-12-14-29(27,28)15-19)11-13-25-16-23-21(17-7-3-1-4-8-17)22(25)18-9-5-2-6-10-18/h1-10,16,19H,11-15H2,(H,24,26). The highest BCUT2D eigenvalue weighted by molar-refractivity contribution is 7.91. The first-order chi connectivity index (χ1) is 14.0. The van der Waals surface area contributed by atoms with Crippen LogP contribution in [0, 0.1) is 0 Å². The number of rotatable bonds is 6. The summed E-state index contributed by atoms with van der Waals surface area (Å²) in [6.45, 7) is 0.468. The molecule has 1 aliphatic heterocycles. The fourth-order valence-corrected chi connectivity index (χ4v) is 5.36. The van der Waals surface area contributed by atoms with Crippen molar-refractivity contribution >= 4 is 15.7 Å². The van der Waals surface area contributed by atoms with Gasteiger partial charge in [-0.3, -0.25) is 4.79 Å². The Morgan fingerprint density at radius 2 is 1.69 bits per heavy atom. The number of nitrogens with one attached hydrogen (secondary N) is 1. The third-order valence-corrected chi connectivity index (χ3v) is 6.88. The number of imidazole rings is 1. The second kappa shape index (κ2) is 8.21. The van der Waals surface area contributed by atoms with Gasteiger partial charge in [-0.2, -0.15) is 0 Å². The molecule has 0 radical (unpaired) electrons. The van der Waals surface area contributed by atoms with Gasteiger partial charge in [-0.05, 0) is 6.42 Å². The van der Waals surface area contributed by atoms with Crippen molar-refractivity contribution in [1.82, 2.24) is 14.9 Å². The maximum absolute atomic E-state index is 12.4. The highest BCUT2D eigenvalue weighted by atomic mass is 32.2. The molecule has 6 nitrogen and oxygen atoms in total. The quantitative estimate of drug-likeness (QED) is 0.679. The summed E-state index contributed by atoms with van der Waals surface area (Å²) < 4.78 is 25.1. The zero-order valence-corrected chi connectivity index (χ0v) is 16.8. The molecular formula is C22H23N3O3S. The van der Waals surface area contributed by atoms with E-state index in [1.165, 1.54) is 0 Å². The molecule has 29 heavy (non-hydrogen) atoms. The van der Waals surface area contributed by atoms with Crippen LogP contribution >= 0.6 is 0 Å². The lowest BCUT2D eigenvalue weighted by Gasteiger charge is -2.13. The summed E-state index contributed by atoms with van der Waals surface area (Å²) in [4.78, 5) is 17.0. The number of aryl methyl sites for hydroxylation is 1. The molecule has 0 spiro atoms. The van der Waals surface area contributed by atoms with Crippen molar-refractivity contribution in [1.29, 1.82) is 0 Å². The molecule has 1 unspecified atom stereocenters. The predicted molar refractivity (Wildman–Crippen MR) is 113 cm³/mol. The third kappa shape index (κ3) is 4.56. The summed E-state index contributed by atoms with van der Waals surface area (Å²) in [5, 5.41) is 2.85. The summed E-state index contributed by atoms with van der Waals surface area (Å²) >= 11 is 0. The van der Waals surface area contributed by atoms with Crippen molar-refractivity contribution in [3.63, 3.8) is 0 Å². The van der Waals surface area contributed by atoms with Gasteiger partial charge in [0, 0.05) is 30.1 Å². The number of carbonyl (C=O) groups is 1. The Hall–Kier alpha value is -2.93. The Kier molecular flexibility index (Phi) is 5.49. The molecule has 4 rings (SSSR count). The van der Waals surface area contributed by atoms with Crippen LogP contribution < -0.4 is 5.32 Å². The molecule has 1 N–H and O–H groups in total. The lowest BCUT2D eigenvalue weighted by molar-refractivity contribution is -0.121. The molecule has 1 aromatic heterocycles. The van der Waals surface area contributed by atoms with Gasteiger partial charge >= 0.3 is 0 Å². The van der Waals surface area contributed by atoms with Crippen LogP contribution in [0.15, 0.2) is 67.0 Å². The first-order valence-corrected chi connectivity index (χ1v) is 11.5. The first kappa shape index (κ1) is 19.4. The minimum atomic E-state index is -3.01. The molecule has 1 aliphatic rings. The fraction of sp³-hybridized carbons (Fsp3) is 0.273. The topological polar surface area (TPSA) is 81.1 Å². The van der Waals surface area contributed by atoms with Gasteiger partial charge in [0.2, 0.25) is 5.91 Å². The van der Waals surface area contributed by atoms with Crippen LogP contribution in [0.2, 0.25) is 0 Å². The van der Waals surface area contributed by atoms with Crippen molar-refractivity contribution in [2.75, 3.05) is 11.5 Å². The zero-order valence-electron chi connectivity index (χ0n) is 16.0. The van der Waals surface area contributed by atoms with E-state index in [0.29, 0.717) is 13.0 Å². The summed E-state index contributed by atoms with van der Waals surface area (Å²) in [7, 11) is -3.01. The van der Waals surface area contributed by atoms with Crippen LogP contribution in [0.5, 0.6) is 0 Å². The minimum absolute atomic E-state index is 0.0389. The maximum atomic E-state index is 12.4. The summed E-state index contributed by atoms with van der Waals surface area (Å²) in [6.07, 6.45) is 2.52. The van der Waals surface area contributed by atoms with Crippen molar-refractivity contribution in [3.8, 4) is 22.5 Å². The lowest BCUT2D eigenvalue weighted by atomic mass is 10.0. The van der Waals surface area contributed by atoms with Gasteiger partial charge in [0.05, 0.1) is 29.2 Å². The summed E-state index contributed by atoms with van der Waals surface area (Å²) in [6, 6.07) is 19.7. The van der Waals surface area contributed by atoms with Crippen LogP contribution in [0.25, 0.3) is 22.5 Å². The molecule has 1 fully saturated rings. The Morgan fingerprint density at radius 1 is 1.03 bits per heavy atom. The van der Waals surface area contributed by atoms with Crippen LogP contribution in [-0.4, -0.2) is 41.4 Å². The van der Waals surface area contributed by atoms with Crippen molar-refractivity contribution in [2.45, 2.75) is 25.4 Å². The Bertz CT molecular complexity index is 1090. The van der Waals surface area contributed by atoms with Gasteiger partial charge in [-0.15, -0.1) is 0 Å². The molecule has 7 heteroatoms. The van der Waals surface area contributed by atoms with Crippen LogP contribution in [0.4, 0.5) is 0 Å². The van der Waals surface area contributed by atoms with E-state index in [0.717, 1.165) is 22.5 Å². The van der Waals surface area contributed by atoms with Gasteiger partial charge in [0.1, 0.15) is 0 Å². The molecule has 150 valence electrons. The van der Waals surface area contributed by atoms with Gasteiger partial charge in [-0.25, -0.2) is 13.4 Å². The summed E-state index contributed by atoms with van der Waals surface area (Å²) in [5.74, 6) is 0.0519. The molecule has 1 amide bonds. The van der Waals surface area contributed by atoms with Crippen LogP contribution in [0.3, 0.4) is 0 Å². The molecule has 1 saturated heterocycles. The number of carbonyl (C=O) groups excluding carboxylic acids is 1. The smallest absolute Gasteiger partial charge is 0.222 e. The van der Waals surface area contributed by atoms with E-state index in [-0.39, 0.29) is 29.9 Å². The number of amides is 1. The van der Waals surface area contributed by atoms with Gasteiger partial charge in [0.15, 0.2) is 9.84 Å². The average molecular weight is 410 g/mol. The Labute approximate surface area is 170 Å². The molecule has 2 aromatic carbocycles. The summed E-state index contributed by atoms with van der Waals surface area (Å²) in [5.41, 5.74) is 3.89. The molecule has 0 saturated carbocycles. The largest absolute Gasteiger partial charge is 0.352 e. The normalized spacial score (nSPS) is 17.9. The predicted octanol–water partition coefficient (Wildman–Crippen LogP) is 2.91. The number of hydrogen-bond donors (Lipinski definition) is 1. The van der Waals surface area contributed by atoms with Gasteiger partial charge in [0.25, 0.3) is 0 Å². The highest BCUT2D eigenvalue weighted by Crippen LogP contribution is 2.31. The number of nitrogens with zero attached hydrogens (tertiary/aromatic N) is 2. The molecule has 3 aromatic rings. The van der Waals surface area contributed by atoms with Gasteiger partial charge < -0.3 is 9.88 Å². The lowest BCUT2D eigenvalue weighted by Crippen LogP contribution is -2.36. The third-order valence-electron chi connectivity index (χ3n) is 5.11. The monoisotopic (exact) mass is 409 g/mol. The molecule has 2 heterocycles. The van der Waals surface area contributed by atoms with E-state index in [9.17, 15) is 13.2 Å². The molecular weight excluding hydrogens is 386 g/mol. The molecule has 0 bridgehead atoms. The Balaban J connectivity index is 1.53. The van der Waals surface area contributed by atoms with Gasteiger partial charge in [-0.1, -0.05) is 60.7 Å². The highest BCUT2D eigenvalue weighted by Gasteiger charge is 2.28. The van der Waals surface area contributed by atoms with Crippen molar-refractivity contribution < 1.29 is 13.2 Å². The number of hydrogen-bond acceptors (Lipinski definition) is 4. The number of sulfone groups is 1. The van der Waals surface area contributed by atoms with E-state index in [1.54, 1.807) is 6.33 Å². The second-order valence-corrected chi connectivity index (χ2v) is 9.51. The van der Waals surface area contributed by atoms with E-state index >= 15 is 0 Å². The van der Waals surface area contributed by atoms with E-state index in [1.807, 2.05) is 65.2 Å². The minimum Gasteiger partial charge on any atom is -0.352 e. The van der Waals surface area contributed by atoms with Crippen LogP contribution in [0.1, 0.15) is 12.8 Å². The van der Waals surface area contributed by atoms with E-state index in [4.69, 9.17) is 0 Å². The van der Waals surface area contributed by atoms with E-state index < -0.39 is 9.84 Å². The average Bonchev–Trinajstić information content (AvgIpc) is 3.30. The molecule has 1 atom stereocenters.